The molecule has 22 heavy (non-hydrogen) atoms. The number of aliphatic hydroxyl groups is 2. The van der Waals surface area contributed by atoms with Gasteiger partial charge in [-0.2, -0.15) is 0 Å². The van der Waals surface area contributed by atoms with Gasteiger partial charge < -0.3 is 10.2 Å². The molecule has 2 N–H and O–H groups in total. The lowest BCUT2D eigenvalue weighted by atomic mass is 9.85. The summed E-state index contributed by atoms with van der Waals surface area (Å²) in [7, 11) is -3.45. The van der Waals surface area contributed by atoms with Crippen LogP contribution in [0.5, 0.6) is 0 Å². The van der Waals surface area contributed by atoms with Crippen LogP contribution in [0.1, 0.15) is 20.8 Å². The summed E-state index contributed by atoms with van der Waals surface area (Å²) in [5.74, 6) is -1.24. The van der Waals surface area contributed by atoms with Crippen LogP contribution < -0.4 is 0 Å². The molecule has 0 aliphatic rings. The fourth-order valence-electron chi connectivity index (χ4n) is 2.51. The van der Waals surface area contributed by atoms with Gasteiger partial charge in [0.1, 0.15) is 0 Å². The van der Waals surface area contributed by atoms with Gasteiger partial charge in [0.05, 0.1) is 22.9 Å². The van der Waals surface area contributed by atoms with Gasteiger partial charge >= 0.3 is 0 Å². The Morgan fingerprint density at radius 3 is 2.14 bits per heavy atom. The highest BCUT2D eigenvalue weighted by Crippen LogP contribution is 2.24. The van der Waals surface area contributed by atoms with E-state index >= 15 is 0 Å². The Labute approximate surface area is 133 Å². The molecule has 4 nitrogen and oxygen atoms in total. The summed E-state index contributed by atoms with van der Waals surface area (Å²) in [6, 6.07) is 8.20. The molecule has 0 aromatic heterocycles. The fraction of sp³-hybridized carbons (Fsp3) is 0.529. The monoisotopic (exact) mass is 326 g/mol. The number of hydrogen-bond donors (Lipinski definition) is 2. The van der Waals surface area contributed by atoms with Gasteiger partial charge in [-0.05, 0) is 18.1 Å². The lowest BCUT2D eigenvalue weighted by Crippen LogP contribution is -2.39. The third-order valence-corrected chi connectivity index (χ3v) is 6.11. The van der Waals surface area contributed by atoms with Gasteiger partial charge in [-0.25, -0.2) is 8.42 Å². The van der Waals surface area contributed by atoms with Gasteiger partial charge in [0.25, 0.3) is 0 Å². The molecule has 0 aliphatic heterocycles. The Kier molecular flexibility index (Phi) is 6.78. The van der Waals surface area contributed by atoms with Crippen molar-refractivity contribution < 1.29 is 18.6 Å². The molecule has 0 bridgehead atoms. The molecular weight excluding hydrogens is 300 g/mol. The number of rotatable bonds is 8. The van der Waals surface area contributed by atoms with Gasteiger partial charge in [0.15, 0.2) is 9.84 Å². The second-order valence-electron chi connectivity index (χ2n) is 6.01. The summed E-state index contributed by atoms with van der Waals surface area (Å²) in [4.78, 5) is 0.252. The first-order valence-electron chi connectivity index (χ1n) is 7.47. The molecule has 1 rings (SSSR count). The maximum atomic E-state index is 12.3. The predicted octanol–water partition coefficient (Wildman–Crippen LogP) is 2.28. The number of sulfone groups is 1. The van der Waals surface area contributed by atoms with E-state index in [2.05, 4.69) is 6.58 Å². The van der Waals surface area contributed by atoms with E-state index in [0.29, 0.717) is 0 Å². The van der Waals surface area contributed by atoms with E-state index in [-0.39, 0.29) is 16.6 Å². The second-order valence-corrected chi connectivity index (χ2v) is 8.04. The second kappa shape index (κ2) is 7.90. The van der Waals surface area contributed by atoms with Crippen molar-refractivity contribution in [2.45, 2.75) is 37.9 Å². The highest BCUT2D eigenvalue weighted by molar-refractivity contribution is 7.91. The van der Waals surface area contributed by atoms with Crippen LogP contribution in [0, 0.1) is 17.8 Å². The molecular formula is C17H26O4S. The average Bonchev–Trinajstić information content (AvgIpc) is 2.52. The van der Waals surface area contributed by atoms with Crippen molar-refractivity contribution in [2.75, 3.05) is 5.75 Å². The first-order valence-corrected chi connectivity index (χ1v) is 9.12. The van der Waals surface area contributed by atoms with Gasteiger partial charge in [-0.1, -0.05) is 45.0 Å². The maximum Gasteiger partial charge on any atom is 0.178 e. The highest BCUT2D eigenvalue weighted by atomic mass is 32.2. The number of aliphatic hydroxyl groups excluding tert-OH is 2. The Morgan fingerprint density at radius 1 is 1.09 bits per heavy atom. The molecule has 0 spiro atoms. The van der Waals surface area contributed by atoms with Crippen LogP contribution in [-0.4, -0.2) is 36.6 Å². The van der Waals surface area contributed by atoms with Crippen molar-refractivity contribution in [2.24, 2.45) is 17.8 Å². The molecule has 0 unspecified atom stereocenters. The maximum absolute atomic E-state index is 12.3. The molecule has 0 radical (unpaired) electrons. The first-order chi connectivity index (χ1) is 10.2. The van der Waals surface area contributed by atoms with Crippen molar-refractivity contribution in [3.8, 4) is 0 Å². The molecule has 124 valence electrons. The van der Waals surface area contributed by atoms with Crippen molar-refractivity contribution >= 4 is 9.84 Å². The molecule has 0 heterocycles. The molecule has 0 aliphatic carbocycles. The van der Waals surface area contributed by atoms with E-state index in [1.807, 2.05) is 6.92 Å². The third kappa shape index (κ3) is 4.66. The van der Waals surface area contributed by atoms with Crippen LogP contribution >= 0.6 is 0 Å². The topological polar surface area (TPSA) is 74.6 Å². The molecule has 0 fully saturated rings. The molecule has 0 amide bonds. The van der Waals surface area contributed by atoms with Crippen molar-refractivity contribution in [1.29, 1.82) is 0 Å². The Balaban J connectivity index is 2.79. The minimum Gasteiger partial charge on any atom is -0.392 e. The zero-order chi connectivity index (χ0) is 16.9. The Bertz CT molecular complexity index is 568. The van der Waals surface area contributed by atoms with E-state index < -0.39 is 33.9 Å². The largest absolute Gasteiger partial charge is 0.392 e. The van der Waals surface area contributed by atoms with Crippen molar-refractivity contribution in [1.82, 2.24) is 0 Å². The van der Waals surface area contributed by atoms with E-state index in [1.165, 1.54) is 0 Å². The summed E-state index contributed by atoms with van der Waals surface area (Å²) in [5, 5.41) is 20.5. The summed E-state index contributed by atoms with van der Waals surface area (Å²) in [5.41, 5.74) is 0. The molecule has 0 saturated carbocycles. The van der Waals surface area contributed by atoms with Crippen molar-refractivity contribution in [3.63, 3.8) is 0 Å². The van der Waals surface area contributed by atoms with E-state index in [1.54, 1.807) is 50.3 Å². The number of benzene rings is 1. The van der Waals surface area contributed by atoms with E-state index in [4.69, 9.17) is 0 Å². The molecule has 1 aromatic carbocycles. The average molecular weight is 326 g/mol. The van der Waals surface area contributed by atoms with Crippen LogP contribution in [0.15, 0.2) is 47.9 Å². The quantitative estimate of drug-likeness (QED) is 0.719. The van der Waals surface area contributed by atoms with E-state index in [0.717, 1.165) is 0 Å². The van der Waals surface area contributed by atoms with Gasteiger partial charge in [-0.15, -0.1) is 6.58 Å². The fourth-order valence-corrected chi connectivity index (χ4v) is 4.16. The van der Waals surface area contributed by atoms with Gasteiger partial charge in [-0.3, -0.25) is 0 Å². The van der Waals surface area contributed by atoms with Crippen LogP contribution in [0.3, 0.4) is 0 Å². The Hall–Kier alpha value is -1.17. The molecule has 5 atom stereocenters. The van der Waals surface area contributed by atoms with E-state index in [9.17, 15) is 18.6 Å². The zero-order valence-corrected chi connectivity index (χ0v) is 14.2. The minimum absolute atomic E-state index is 0.155. The third-order valence-electron chi connectivity index (χ3n) is 4.16. The van der Waals surface area contributed by atoms with Crippen LogP contribution in [-0.2, 0) is 9.84 Å². The summed E-state index contributed by atoms with van der Waals surface area (Å²) in [6.45, 7) is 8.85. The predicted molar refractivity (Wildman–Crippen MR) is 88.2 cm³/mol. The number of hydrogen-bond acceptors (Lipinski definition) is 4. The van der Waals surface area contributed by atoms with Crippen LogP contribution in [0.4, 0.5) is 0 Å². The minimum atomic E-state index is -3.45. The van der Waals surface area contributed by atoms with Crippen LogP contribution in [0.25, 0.3) is 0 Å². The SMILES string of the molecule is C=C[C@@H](C)[C@@H](O)[C@@H](C)[C@H](O)[C@H](C)CS(=O)(=O)c1ccccc1. The lowest BCUT2D eigenvalue weighted by Gasteiger charge is -2.30. The van der Waals surface area contributed by atoms with Crippen LogP contribution in [0.2, 0.25) is 0 Å². The van der Waals surface area contributed by atoms with Gasteiger partial charge in [0, 0.05) is 11.8 Å². The van der Waals surface area contributed by atoms with Crippen molar-refractivity contribution in [3.05, 3.63) is 43.0 Å². The summed E-state index contributed by atoms with van der Waals surface area (Å²) >= 11 is 0. The standard InChI is InChI=1S/C17H26O4S/c1-5-12(2)16(18)14(4)17(19)13(3)11-22(20,21)15-9-7-6-8-10-15/h5-10,12-14,16-19H,1,11H2,2-4H3/t12-,13-,14-,16-,17-/m1/s1. The van der Waals surface area contributed by atoms with Gasteiger partial charge in [0.2, 0.25) is 0 Å². The molecule has 0 saturated heterocycles. The summed E-state index contributed by atoms with van der Waals surface area (Å²) in [6.07, 6.45) is -0.0375. The Morgan fingerprint density at radius 2 is 1.64 bits per heavy atom. The lowest BCUT2D eigenvalue weighted by molar-refractivity contribution is -0.0159. The normalized spacial score (nSPS) is 19.0. The smallest absolute Gasteiger partial charge is 0.178 e. The zero-order valence-electron chi connectivity index (χ0n) is 13.4. The summed E-state index contributed by atoms with van der Waals surface area (Å²) < 4.78 is 24.7. The highest BCUT2D eigenvalue weighted by Gasteiger charge is 2.32. The molecule has 5 heteroatoms. The molecule has 1 aromatic rings. The first kappa shape index (κ1) is 18.9.